The Hall–Kier alpha value is -3.47. The van der Waals surface area contributed by atoms with E-state index in [0.29, 0.717) is 17.1 Å². The van der Waals surface area contributed by atoms with Crippen molar-refractivity contribution < 1.29 is 32.0 Å². The van der Waals surface area contributed by atoms with Gasteiger partial charge in [0.25, 0.3) is 0 Å². The molecule has 1 aliphatic carbocycles. The number of methoxy groups -OCH3 is 1. The van der Waals surface area contributed by atoms with E-state index in [2.05, 4.69) is 20.0 Å². The Labute approximate surface area is 217 Å². The highest BCUT2D eigenvalue weighted by Gasteiger charge is 2.43. The molecule has 3 fully saturated rings. The number of hydrogen-bond acceptors (Lipinski definition) is 8. The van der Waals surface area contributed by atoms with E-state index >= 15 is 0 Å². The maximum atomic E-state index is 13.7. The molecule has 3 aliphatic rings. The molecule has 1 aromatic carbocycles. The summed E-state index contributed by atoms with van der Waals surface area (Å²) in [6.45, 7) is 0.147. The van der Waals surface area contributed by atoms with Crippen LogP contribution in [0.2, 0.25) is 0 Å². The lowest BCUT2D eigenvalue weighted by molar-refractivity contribution is -0.137. The van der Waals surface area contributed by atoms with Crippen molar-refractivity contribution in [1.82, 2.24) is 15.1 Å². The largest absolute Gasteiger partial charge is 0.464 e. The molecule has 0 spiro atoms. The number of aromatic nitrogens is 3. The second-order valence-corrected chi connectivity index (χ2v) is 10.1. The molecule has 2 saturated heterocycles. The monoisotopic (exact) mass is 528 g/mol. The van der Waals surface area contributed by atoms with Crippen LogP contribution < -0.4 is 4.90 Å². The van der Waals surface area contributed by atoms with Crippen LogP contribution in [0.5, 0.6) is 0 Å². The average Bonchev–Trinajstić information content (AvgIpc) is 3.62. The van der Waals surface area contributed by atoms with Crippen LogP contribution in [0, 0.1) is 0 Å². The van der Waals surface area contributed by atoms with Crippen LogP contribution in [0.1, 0.15) is 71.8 Å². The van der Waals surface area contributed by atoms with Gasteiger partial charge in [-0.3, -0.25) is 0 Å². The molecule has 3 atom stereocenters. The molecule has 4 heterocycles. The summed E-state index contributed by atoms with van der Waals surface area (Å²) in [5.74, 6) is 0.996. The number of anilines is 1. The van der Waals surface area contributed by atoms with Crippen molar-refractivity contribution in [1.29, 1.82) is 0 Å². The highest BCUT2D eigenvalue weighted by molar-refractivity contribution is 5.86. The van der Waals surface area contributed by atoms with Crippen molar-refractivity contribution in [3.63, 3.8) is 0 Å². The number of ether oxygens (including phenoxy) is 2. The van der Waals surface area contributed by atoms with Crippen LogP contribution in [-0.2, 0) is 22.3 Å². The predicted octanol–water partition coefficient (Wildman–Crippen LogP) is 5.53. The summed E-state index contributed by atoms with van der Waals surface area (Å²) in [6.07, 6.45) is 3.81. The molecule has 0 unspecified atom stereocenters. The molecule has 3 aromatic rings. The summed E-state index contributed by atoms with van der Waals surface area (Å²) < 4.78 is 57.9. The molecule has 11 heteroatoms. The maximum Gasteiger partial charge on any atom is 0.417 e. The Morgan fingerprint density at radius 1 is 1.08 bits per heavy atom. The Morgan fingerprint density at radius 3 is 2.45 bits per heavy atom. The number of nitrogens with zero attached hydrogens (tertiary/aromatic N) is 4. The molecule has 0 radical (unpaired) electrons. The Morgan fingerprint density at radius 2 is 1.82 bits per heavy atom. The van der Waals surface area contributed by atoms with Gasteiger partial charge in [0.15, 0.2) is 5.69 Å². The fraction of sp³-hybridized carbons (Fsp3) is 0.481. The van der Waals surface area contributed by atoms with E-state index < -0.39 is 17.7 Å². The third-order valence-corrected chi connectivity index (χ3v) is 7.70. The van der Waals surface area contributed by atoms with Crippen LogP contribution in [0.4, 0.5) is 19.0 Å². The van der Waals surface area contributed by atoms with E-state index in [1.165, 1.54) is 25.4 Å². The van der Waals surface area contributed by atoms with Gasteiger partial charge >= 0.3 is 12.1 Å². The van der Waals surface area contributed by atoms with E-state index in [1.807, 2.05) is 0 Å². The molecule has 0 amide bonds. The maximum absolute atomic E-state index is 13.7. The third-order valence-electron chi connectivity index (χ3n) is 7.70. The fourth-order valence-electron chi connectivity index (χ4n) is 5.78. The van der Waals surface area contributed by atoms with Crippen molar-refractivity contribution in [2.45, 2.75) is 75.4 Å². The molecule has 2 bridgehead atoms. The number of alkyl halides is 3. The molecule has 8 nitrogen and oxygen atoms in total. The first-order valence-corrected chi connectivity index (χ1v) is 12.8. The van der Waals surface area contributed by atoms with Crippen LogP contribution in [0.25, 0.3) is 11.3 Å². The smallest absolute Gasteiger partial charge is 0.417 e. The van der Waals surface area contributed by atoms with Gasteiger partial charge in [0.1, 0.15) is 17.3 Å². The second-order valence-electron chi connectivity index (χ2n) is 10.1. The zero-order valence-electron chi connectivity index (χ0n) is 20.8. The lowest BCUT2D eigenvalue weighted by Crippen LogP contribution is -2.46. The van der Waals surface area contributed by atoms with Gasteiger partial charge in [0, 0.05) is 29.1 Å². The van der Waals surface area contributed by atoms with Gasteiger partial charge in [-0.05, 0) is 44.6 Å². The SMILES string of the molecule is COC(=O)c1cnc(N2[C@@H]3CC[C@H]2C[C@@H](OCc2c(-c4ccccc4C(F)(F)F)noc2C2CC2)C3)cn1. The zero-order valence-corrected chi connectivity index (χ0v) is 20.8. The molecule has 200 valence electrons. The van der Waals surface area contributed by atoms with Crippen LogP contribution in [0.15, 0.2) is 41.2 Å². The van der Waals surface area contributed by atoms with Crippen LogP contribution >= 0.6 is 0 Å². The molecule has 1 saturated carbocycles. The number of halogens is 3. The van der Waals surface area contributed by atoms with Gasteiger partial charge in [-0.15, -0.1) is 0 Å². The predicted molar refractivity (Wildman–Crippen MR) is 129 cm³/mol. The first-order chi connectivity index (χ1) is 18.3. The number of carbonyl (C=O) groups is 1. The highest BCUT2D eigenvalue weighted by atomic mass is 19.4. The number of hydrogen-bond donors (Lipinski definition) is 0. The number of fused-ring (bicyclic) bond motifs is 2. The highest BCUT2D eigenvalue weighted by Crippen LogP contribution is 2.46. The molecule has 6 rings (SSSR count). The van der Waals surface area contributed by atoms with Gasteiger partial charge in [-0.1, -0.05) is 23.4 Å². The van der Waals surface area contributed by atoms with Crippen molar-refractivity contribution in [2.24, 2.45) is 0 Å². The summed E-state index contributed by atoms with van der Waals surface area (Å²) in [5.41, 5.74) is 0.259. The first kappa shape index (κ1) is 24.8. The Balaban J connectivity index is 1.19. The lowest BCUT2D eigenvalue weighted by atomic mass is 9.98. The first-order valence-electron chi connectivity index (χ1n) is 12.8. The van der Waals surface area contributed by atoms with E-state index in [4.69, 9.17) is 14.0 Å². The van der Waals surface area contributed by atoms with Gasteiger partial charge < -0.3 is 18.9 Å². The van der Waals surface area contributed by atoms with E-state index in [0.717, 1.165) is 44.6 Å². The van der Waals surface area contributed by atoms with Gasteiger partial charge in [0.05, 0.1) is 37.8 Å². The van der Waals surface area contributed by atoms with Crippen molar-refractivity contribution in [2.75, 3.05) is 12.0 Å². The molecular weight excluding hydrogens is 501 g/mol. The number of benzene rings is 1. The van der Waals surface area contributed by atoms with Crippen molar-refractivity contribution >= 4 is 11.8 Å². The van der Waals surface area contributed by atoms with E-state index in [1.54, 1.807) is 12.3 Å². The quantitative estimate of drug-likeness (QED) is 0.370. The van der Waals surface area contributed by atoms with Gasteiger partial charge in [-0.2, -0.15) is 13.2 Å². The zero-order chi connectivity index (χ0) is 26.4. The summed E-state index contributed by atoms with van der Waals surface area (Å²) in [4.78, 5) is 22.6. The fourth-order valence-corrected chi connectivity index (χ4v) is 5.78. The standard InChI is InChI=1S/C27H27F3N4O4/c1-36-26(35)22-12-32-23(13-31-22)34-16-8-9-17(34)11-18(10-16)37-14-20-24(33-38-25(20)15-6-7-15)19-4-2-3-5-21(19)27(28,29)30/h2-5,12-13,15-18H,6-11,14H2,1H3/t16-,17+,18+. The lowest BCUT2D eigenvalue weighted by Gasteiger charge is -2.39. The van der Waals surface area contributed by atoms with Crippen molar-refractivity contribution in [3.8, 4) is 11.3 Å². The van der Waals surface area contributed by atoms with Crippen LogP contribution in [-0.4, -0.2) is 46.4 Å². The van der Waals surface area contributed by atoms with Crippen molar-refractivity contribution in [3.05, 3.63) is 59.2 Å². The Kier molecular flexibility index (Phi) is 6.33. The Bertz CT molecular complexity index is 1310. The molecule has 2 aliphatic heterocycles. The minimum atomic E-state index is -4.50. The minimum absolute atomic E-state index is 0.0121. The molecular formula is C27H27F3N4O4. The number of carbonyl (C=O) groups excluding carboxylic acids is 1. The number of esters is 1. The average molecular weight is 529 g/mol. The molecule has 2 aromatic heterocycles. The summed E-state index contributed by atoms with van der Waals surface area (Å²) in [7, 11) is 1.30. The van der Waals surface area contributed by atoms with Gasteiger partial charge in [0.2, 0.25) is 0 Å². The topological polar surface area (TPSA) is 90.6 Å². The third kappa shape index (κ3) is 4.63. The van der Waals surface area contributed by atoms with Crippen LogP contribution in [0.3, 0.4) is 0 Å². The molecule has 0 N–H and O–H groups in total. The van der Waals surface area contributed by atoms with Gasteiger partial charge in [-0.25, -0.2) is 14.8 Å². The summed E-state index contributed by atoms with van der Waals surface area (Å²) in [5, 5.41) is 4.09. The second kappa shape index (κ2) is 9.68. The van der Waals surface area contributed by atoms with E-state index in [9.17, 15) is 18.0 Å². The minimum Gasteiger partial charge on any atom is -0.464 e. The van der Waals surface area contributed by atoms with E-state index in [-0.39, 0.29) is 47.7 Å². The normalized spacial score (nSPS) is 23.1. The number of piperidine rings is 1. The summed E-state index contributed by atoms with van der Waals surface area (Å²) in [6, 6.07) is 5.86. The molecule has 38 heavy (non-hydrogen) atoms. The summed E-state index contributed by atoms with van der Waals surface area (Å²) >= 11 is 0. The number of rotatable bonds is 7.